The van der Waals surface area contributed by atoms with Crippen molar-refractivity contribution in [2.75, 3.05) is 6.61 Å². The van der Waals surface area contributed by atoms with Crippen LogP contribution in [-0.4, -0.2) is 27.3 Å². The molecule has 1 aromatic rings. The standard InChI is InChI=1S/C8H12N2O2/c1-6-8(7(2)12)5-9-10(6)3-4-11/h5,11H,3-4H2,1-2H3. The zero-order chi connectivity index (χ0) is 9.14. The highest BCUT2D eigenvalue weighted by Crippen LogP contribution is 2.06. The number of aromatic nitrogens is 2. The van der Waals surface area contributed by atoms with E-state index in [1.54, 1.807) is 4.68 Å². The van der Waals surface area contributed by atoms with Crippen molar-refractivity contribution in [1.29, 1.82) is 0 Å². The number of hydrogen-bond acceptors (Lipinski definition) is 3. The van der Waals surface area contributed by atoms with Crippen molar-refractivity contribution in [2.24, 2.45) is 0 Å². The van der Waals surface area contributed by atoms with Crippen LogP contribution >= 0.6 is 0 Å². The minimum absolute atomic E-state index is 0.0108. The van der Waals surface area contributed by atoms with Crippen LogP contribution in [0, 0.1) is 6.92 Å². The number of aliphatic hydroxyl groups excluding tert-OH is 1. The molecule has 1 aromatic heterocycles. The fourth-order valence-corrected chi connectivity index (χ4v) is 1.11. The average molecular weight is 168 g/mol. The van der Waals surface area contributed by atoms with E-state index in [9.17, 15) is 4.79 Å². The summed E-state index contributed by atoms with van der Waals surface area (Å²) < 4.78 is 1.62. The first kappa shape index (κ1) is 8.93. The Balaban J connectivity index is 2.96. The van der Waals surface area contributed by atoms with Gasteiger partial charge in [-0.05, 0) is 13.8 Å². The summed E-state index contributed by atoms with van der Waals surface area (Å²) in [6.45, 7) is 3.81. The summed E-state index contributed by atoms with van der Waals surface area (Å²) >= 11 is 0. The maximum absolute atomic E-state index is 11.0. The average Bonchev–Trinajstić information content (AvgIpc) is 2.34. The fourth-order valence-electron chi connectivity index (χ4n) is 1.11. The van der Waals surface area contributed by atoms with Gasteiger partial charge in [-0.2, -0.15) is 5.10 Å². The van der Waals surface area contributed by atoms with Crippen molar-refractivity contribution in [3.8, 4) is 0 Å². The third-order valence-corrected chi connectivity index (χ3v) is 1.79. The van der Waals surface area contributed by atoms with Crippen LogP contribution in [-0.2, 0) is 6.54 Å². The van der Waals surface area contributed by atoms with Crippen LogP contribution in [0.5, 0.6) is 0 Å². The molecule has 0 atom stereocenters. The molecule has 1 heterocycles. The predicted molar refractivity (Wildman–Crippen MR) is 44.1 cm³/mol. The molecule has 12 heavy (non-hydrogen) atoms. The van der Waals surface area contributed by atoms with Crippen molar-refractivity contribution in [1.82, 2.24) is 9.78 Å². The molecule has 1 rings (SSSR count). The Bertz CT molecular complexity index is 291. The second kappa shape index (κ2) is 3.49. The largest absolute Gasteiger partial charge is 0.394 e. The molecular formula is C8H12N2O2. The number of rotatable bonds is 3. The highest BCUT2D eigenvalue weighted by atomic mass is 16.3. The summed E-state index contributed by atoms with van der Waals surface area (Å²) in [6, 6.07) is 0. The quantitative estimate of drug-likeness (QED) is 0.664. The molecule has 0 spiro atoms. The SMILES string of the molecule is CC(=O)c1cnn(CCO)c1C. The molecule has 0 bridgehead atoms. The first-order valence-electron chi connectivity index (χ1n) is 3.81. The van der Waals surface area contributed by atoms with Crippen LogP contribution in [0.4, 0.5) is 0 Å². The Morgan fingerprint density at radius 3 is 2.83 bits per heavy atom. The zero-order valence-corrected chi connectivity index (χ0v) is 7.24. The van der Waals surface area contributed by atoms with Crippen molar-refractivity contribution in [2.45, 2.75) is 20.4 Å². The molecule has 4 nitrogen and oxygen atoms in total. The lowest BCUT2D eigenvalue weighted by Gasteiger charge is -2.00. The maximum Gasteiger partial charge on any atom is 0.163 e. The molecule has 66 valence electrons. The van der Waals surface area contributed by atoms with Crippen LogP contribution in [0.25, 0.3) is 0 Å². The van der Waals surface area contributed by atoms with Crippen molar-refractivity contribution < 1.29 is 9.90 Å². The third kappa shape index (κ3) is 1.53. The molecule has 1 N–H and O–H groups in total. The molecule has 4 heteroatoms. The minimum atomic E-state index is 0.0108. The Labute approximate surface area is 70.8 Å². The maximum atomic E-state index is 11.0. The number of nitrogens with zero attached hydrogens (tertiary/aromatic N) is 2. The summed E-state index contributed by atoms with van der Waals surface area (Å²) in [4.78, 5) is 11.0. The van der Waals surface area contributed by atoms with Crippen LogP contribution in [0.1, 0.15) is 23.0 Å². The lowest BCUT2D eigenvalue weighted by molar-refractivity contribution is 0.101. The van der Waals surface area contributed by atoms with Gasteiger partial charge in [-0.1, -0.05) is 0 Å². The van der Waals surface area contributed by atoms with E-state index < -0.39 is 0 Å². The van der Waals surface area contributed by atoms with E-state index in [1.165, 1.54) is 13.1 Å². The van der Waals surface area contributed by atoms with E-state index in [-0.39, 0.29) is 12.4 Å². The molecule has 0 saturated heterocycles. The number of hydrogen-bond donors (Lipinski definition) is 1. The van der Waals surface area contributed by atoms with Gasteiger partial charge in [0.15, 0.2) is 5.78 Å². The monoisotopic (exact) mass is 168 g/mol. The van der Waals surface area contributed by atoms with Crippen molar-refractivity contribution >= 4 is 5.78 Å². The van der Waals surface area contributed by atoms with Gasteiger partial charge in [-0.25, -0.2) is 0 Å². The van der Waals surface area contributed by atoms with Crippen molar-refractivity contribution in [3.05, 3.63) is 17.5 Å². The highest BCUT2D eigenvalue weighted by molar-refractivity contribution is 5.94. The molecule has 0 radical (unpaired) electrons. The second-order valence-electron chi connectivity index (χ2n) is 2.65. The van der Waals surface area contributed by atoms with Gasteiger partial charge < -0.3 is 5.11 Å². The molecule has 0 amide bonds. The van der Waals surface area contributed by atoms with E-state index in [2.05, 4.69) is 5.10 Å². The normalized spacial score (nSPS) is 10.2. The van der Waals surface area contributed by atoms with Crippen LogP contribution < -0.4 is 0 Å². The summed E-state index contributed by atoms with van der Waals surface area (Å²) in [6.07, 6.45) is 1.54. The number of carbonyl (C=O) groups excluding carboxylic acids is 1. The fraction of sp³-hybridized carbons (Fsp3) is 0.500. The number of carbonyl (C=O) groups is 1. The van der Waals surface area contributed by atoms with Gasteiger partial charge in [0, 0.05) is 5.69 Å². The summed E-state index contributed by atoms with van der Waals surface area (Å²) in [5.74, 6) is 0.0108. The van der Waals surface area contributed by atoms with E-state index >= 15 is 0 Å². The summed E-state index contributed by atoms with van der Waals surface area (Å²) in [5.41, 5.74) is 1.44. The lowest BCUT2D eigenvalue weighted by Crippen LogP contribution is -2.06. The molecular weight excluding hydrogens is 156 g/mol. The van der Waals surface area contributed by atoms with E-state index in [0.29, 0.717) is 12.1 Å². The number of Topliss-reactive ketones (excluding diaryl/α,β-unsaturated/α-hetero) is 1. The topological polar surface area (TPSA) is 55.1 Å². The molecule has 0 aromatic carbocycles. The van der Waals surface area contributed by atoms with Gasteiger partial charge in [0.05, 0.1) is 24.9 Å². The van der Waals surface area contributed by atoms with Crippen molar-refractivity contribution in [3.63, 3.8) is 0 Å². The molecule has 0 fully saturated rings. The summed E-state index contributed by atoms with van der Waals surface area (Å²) in [7, 11) is 0. The van der Waals surface area contributed by atoms with Gasteiger partial charge in [0.1, 0.15) is 0 Å². The van der Waals surface area contributed by atoms with Gasteiger partial charge in [-0.3, -0.25) is 9.48 Å². The van der Waals surface area contributed by atoms with E-state index in [1.807, 2.05) is 6.92 Å². The molecule has 0 unspecified atom stereocenters. The second-order valence-corrected chi connectivity index (χ2v) is 2.65. The number of ketones is 1. The Hall–Kier alpha value is -1.16. The van der Waals surface area contributed by atoms with Crippen LogP contribution in [0.2, 0.25) is 0 Å². The minimum Gasteiger partial charge on any atom is -0.394 e. The predicted octanol–water partition coefficient (Wildman–Crippen LogP) is 0.386. The molecule has 0 aliphatic heterocycles. The highest BCUT2D eigenvalue weighted by Gasteiger charge is 2.08. The first-order chi connectivity index (χ1) is 5.66. The summed E-state index contributed by atoms with van der Waals surface area (Å²) in [5, 5.41) is 12.6. The smallest absolute Gasteiger partial charge is 0.163 e. The molecule has 0 aliphatic rings. The van der Waals surface area contributed by atoms with Gasteiger partial charge in [-0.15, -0.1) is 0 Å². The lowest BCUT2D eigenvalue weighted by atomic mass is 10.2. The van der Waals surface area contributed by atoms with Crippen LogP contribution in [0.15, 0.2) is 6.20 Å². The zero-order valence-electron chi connectivity index (χ0n) is 7.24. The number of aliphatic hydroxyl groups is 1. The van der Waals surface area contributed by atoms with E-state index in [4.69, 9.17) is 5.11 Å². The van der Waals surface area contributed by atoms with Crippen LogP contribution in [0.3, 0.4) is 0 Å². The van der Waals surface area contributed by atoms with Gasteiger partial charge >= 0.3 is 0 Å². The Morgan fingerprint density at radius 2 is 2.42 bits per heavy atom. The van der Waals surface area contributed by atoms with Gasteiger partial charge in [0.2, 0.25) is 0 Å². The van der Waals surface area contributed by atoms with Gasteiger partial charge in [0.25, 0.3) is 0 Å². The first-order valence-corrected chi connectivity index (χ1v) is 3.81. The third-order valence-electron chi connectivity index (χ3n) is 1.79. The van der Waals surface area contributed by atoms with E-state index in [0.717, 1.165) is 5.69 Å². The molecule has 0 saturated carbocycles. The Morgan fingerprint density at radius 1 is 1.75 bits per heavy atom. The Kier molecular flexibility index (Phi) is 2.60. The molecule has 0 aliphatic carbocycles.